The van der Waals surface area contributed by atoms with Crippen molar-refractivity contribution in [3.63, 3.8) is 0 Å². The van der Waals surface area contributed by atoms with Crippen LogP contribution in [0.5, 0.6) is 0 Å². The largest absolute Gasteiger partial charge is 0.305 e. The van der Waals surface area contributed by atoms with Crippen LogP contribution in [0.2, 0.25) is 0 Å². The van der Waals surface area contributed by atoms with Gasteiger partial charge in [0.05, 0.1) is 11.4 Å². The Morgan fingerprint density at radius 1 is 1.28 bits per heavy atom. The number of nitrogens with zero attached hydrogens (tertiary/aromatic N) is 4. The number of halogens is 1. The number of nitrogens with one attached hydrogen (secondary N) is 1. The fourth-order valence-corrected chi connectivity index (χ4v) is 1.75. The normalized spacial score (nSPS) is 10.3. The molecular formula is C12H20ClN5. The molecule has 2 aromatic rings. The highest BCUT2D eigenvalue weighted by atomic mass is 35.5. The molecule has 0 saturated carbocycles. The van der Waals surface area contributed by atoms with Crippen molar-refractivity contribution in [2.45, 2.75) is 33.0 Å². The summed E-state index contributed by atoms with van der Waals surface area (Å²) >= 11 is 0. The Morgan fingerprint density at radius 2 is 2.11 bits per heavy atom. The minimum absolute atomic E-state index is 0. The molecule has 0 fully saturated rings. The maximum Gasteiger partial charge on any atom is 0.0762 e. The topological polar surface area (TPSA) is 47.7 Å². The lowest BCUT2D eigenvalue weighted by Gasteiger charge is -2.03. The summed E-state index contributed by atoms with van der Waals surface area (Å²) in [5.41, 5.74) is 2.26. The van der Waals surface area contributed by atoms with Gasteiger partial charge >= 0.3 is 0 Å². The van der Waals surface area contributed by atoms with E-state index in [2.05, 4.69) is 28.5 Å². The van der Waals surface area contributed by atoms with Crippen LogP contribution in [-0.4, -0.2) is 19.6 Å². The highest BCUT2D eigenvalue weighted by molar-refractivity contribution is 5.85. The van der Waals surface area contributed by atoms with Gasteiger partial charge in [0.15, 0.2) is 0 Å². The van der Waals surface area contributed by atoms with Crippen LogP contribution >= 0.6 is 12.4 Å². The lowest BCUT2D eigenvalue weighted by atomic mass is 10.4. The zero-order valence-electron chi connectivity index (χ0n) is 10.8. The molecule has 0 spiro atoms. The summed E-state index contributed by atoms with van der Waals surface area (Å²) in [6.45, 7) is 4.75. The lowest BCUT2D eigenvalue weighted by Crippen LogP contribution is -2.15. The highest BCUT2D eigenvalue weighted by Crippen LogP contribution is 1.99. The summed E-state index contributed by atoms with van der Waals surface area (Å²) in [6.07, 6.45) is 4.96. The third-order valence-electron chi connectivity index (χ3n) is 2.68. The maximum absolute atomic E-state index is 4.47. The highest BCUT2D eigenvalue weighted by Gasteiger charge is 2.00. The molecule has 0 saturated heterocycles. The predicted molar refractivity (Wildman–Crippen MR) is 73.5 cm³/mol. The number of aryl methyl sites for hydroxylation is 2. The summed E-state index contributed by atoms with van der Waals surface area (Å²) in [5.74, 6) is 0. The molecule has 0 aliphatic heterocycles. The second-order valence-corrected chi connectivity index (χ2v) is 4.12. The number of rotatable bonds is 6. The Hall–Kier alpha value is -1.33. The molecule has 0 amide bonds. The van der Waals surface area contributed by atoms with E-state index < -0.39 is 0 Å². The van der Waals surface area contributed by atoms with Gasteiger partial charge in [-0.1, -0.05) is 6.92 Å². The van der Waals surface area contributed by atoms with E-state index >= 15 is 0 Å². The van der Waals surface area contributed by atoms with Gasteiger partial charge in [0.1, 0.15) is 0 Å². The Morgan fingerprint density at radius 3 is 2.78 bits per heavy atom. The van der Waals surface area contributed by atoms with Crippen molar-refractivity contribution in [2.24, 2.45) is 7.05 Å². The number of hydrogen-bond donors (Lipinski definition) is 1. The fourth-order valence-electron chi connectivity index (χ4n) is 1.75. The molecule has 0 radical (unpaired) electrons. The molecule has 18 heavy (non-hydrogen) atoms. The molecule has 0 unspecified atom stereocenters. The van der Waals surface area contributed by atoms with Crippen LogP contribution in [0, 0.1) is 0 Å². The molecule has 5 nitrogen and oxygen atoms in total. The van der Waals surface area contributed by atoms with Gasteiger partial charge in [-0.2, -0.15) is 10.2 Å². The van der Waals surface area contributed by atoms with Gasteiger partial charge in [-0.15, -0.1) is 12.4 Å². The van der Waals surface area contributed by atoms with Crippen molar-refractivity contribution in [1.82, 2.24) is 24.9 Å². The molecule has 2 aromatic heterocycles. The summed E-state index contributed by atoms with van der Waals surface area (Å²) < 4.78 is 3.86. The molecule has 0 atom stereocenters. The van der Waals surface area contributed by atoms with Gasteiger partial charge in [-0.05, 0) is 18.6 Å². The van der Waals surface area contributed by atoms with E-state index in [1.54, 1.807) is 0 Å². The SMILES string of the molecule is CCCn1ccc(CNCc2ccnn2C)n1.Cl. The zero-order valence-corrected chi connectivity index (χ0v) is 11.7. The second kappa shape index (κ2) is 7.18. The Labute approximate surface area is 114 Å². The Bertz CT molecular complexity index is 462. The van der Waals surface area contributed by atoms with Crippen molar-refractivity contribution >= 4 is 12.4 Å². The molecule has 0 aromatic carbocycles. The quantitative estimate of drug-likeness (QED) is 0.869. The first-order valence-corrected chi connectivity index (χ1v) is 5.99. The summed E-state index contributed by atoms with van der Waals surface area (Å²) in [5, 5.41) is 12.0. The van der Waals surface area contributed by atoms with E-state index in [0.29, 0.717) is 0 Å². The smallest absolute Gasteiger partial charge is 0.0762 e. The molecule has 0 bridgehead atoms. The predicted octanol–water partition coefficient (Wildman–Crippen LogP) is 1.74. The number of hydrogen-bond acceptors (Lipinski definition) is 3. The third-order valence-corrected chi connectivity index (χ3v) is 2.68. The van der Waals surface area contributed by atoms with Crippen LogP contribution in [0.1, 0.15) is 24.7 Å². The maximum atomic E-state index is 4.47. The van der Waals surface area contributed by atoms with Gasteiger partial charge in [0.25, 0.3) is 0 Å². The van der Waals surface area contributed by atoms with Gasteiger partial charge < -0.3 is 5.32 Å². The molecule has 2 rings (SSSR count). The Balaban J connectivity index is 0.00000162. The second-order valence-electron chi connectivity index (χ2n) is 4.12. The molecular weight excluding hydrogens is 250 g/mol. The van der Waals surface area contributed by atoms with Crippen molar-refractivity contribution in [2.75, 3.05) is 0 Å². The fraction of sp³-hybridized carbons (Fsp3) is 0.500. The molecule has 100 valence electrons. The molecule has 0 aliphatic carbocycles. The monoisotopic (exact) mass is 269 g/mol. The van der Waals surface area contributed by atoms with Gasteiger partial charge in [-0.3, -0.25) is 9.36 Å². The van der Waals surface area contributed by atoms with E-state index in [0.717, 1.165) is 31.7 Å². The van der Waals surface area contributed by atoms with E-state index in [9.17, 15) is 0 Å². The van der Waals surface area contributed by atoms with Crippen molar-refractivity contribution in [1.29, 1.82) is 0 Å². The minimum Gasteiger partial charge on any atom is -0.305 e. The standard InChI is InChI=1S/C12H19N5.ClH/c1-3-7-17-8-5-11(15-17)9-13-10-12-4-6-14-16(12)2;/h4-6,8,13H,3,7,9-10H2,1-2H3;1H. The lowest BCUT2D eigenvalue weighted by molar-refractivity contribution is 0.575. The Kier molecular flexibility index (Phi) is 5.88. The molecule has 0 aliphatic rings. The summed E-state index contributed by atoms with van der Waals surface area (Å²) in [7, 11) is 1.95. The van der Waals surface area contributed by atoms with E-state index in [4.69, 9.17) is 0 Å². The van der Waals surface area contributed by atoms with Gasteiger partial charge in [0.2, 0.25) is 0 Å². The van der Waals surface area contributed by atoms with Crippen molar-refractivity contribution in [3.05, 3.63) is 35.9 Å². The molecule has 1 N–H and O–H groups in total. The van der Waals surface area contributed by atoms with E-state index in [1.807, 2.05) is 34.9 Å². The van der Waals surface area contributed by atoms with Crippen LogP contribution in [-0.2, 0) is 26.7 Å². The average molecular weight is 270 g/mol. The summed E-state index contributed by atoms with van der Waals surface area (Å²) in [4.78, 5) is 0. The first-order chi connectivity index (χ1) is 8.29. The minimum atomic E-state index is 0. The van der Waals surface area contributed by atoms with Crippen LogP contribution < -0.4 is 5.32 Å². The van der Waals surface area contributed by atoms with E-state index in [1.165, 1.54) is 5.69 Å². The van der Waals surface area contributed by atoms with Gasteiger partial charge in [0, 0.05) is 39.1 Å². The first kappa shape index (κ1) is 14.7. The van der Waals surface area contributed by atoms with Crippen molar-refractivity contribution < 1.29 is 0 Å². The summed E-state index contributed by atoms with van der Waals surface area (Å²) in [6, 6.07) is 4.08. The number of aromatic nitrogens is 4. The third kappa shape index (κ3) is 3.85. The van der Waals surface area contributed by atoms with Crippen LogP contribution in [0.3, 0.4) is 0 Å². The van der Waals surface area contributed by atoms with Crippen LogP contribution in [0.4, 0.5) is 0 Å². The zero-order chi connectivity index (χ0) is 12.1. The molecule has 2 heterocycles. The van der Waals surface area contributed by atoms with E-state index in [-0.39, 0.29) is 12.4 Å². The van der Waals surface area contributed by atoms with Crippen LogP contribution in [0.15, 0.2) is 24.5 Å². The van der Waals surface area contributed by atoms with Crippen LogP contribution in [0.25, 0.3) is 0 Å². The molecule has 6 heteroatoms. The van der Waals surface area contributed by atoms with Crippen molar-refractivity contribution in [3.8, 4) is 0 Å². The average Bonchev–Trinajstić information content (AvgIpc) is 2.90. The van der Waals surface area contributed by atoms with Gasteiger partial charge in [-0.25, -0.2) is 0 Å². The first-order valence-electron chi connectivity index (χ1n) is 5.99.